The molecule has 1 N–H and O–H groups in total. The van der Waals surface area contributed by atoms with E-state index in [1.165, 1.54) is 36.4 Å². The molecule has 0 heterocycles. The van der Waals surface area contributed by atoms with Gasteiger partial charge in [-0.05, 0) is 48.4 Å². The Morgan fingerprint density at radius 1 is 1.20 bits per heavy atom. The van der Waals surface area contributed by atoms with E-state index in [1.54, 1.807) is 19.1 Å². The number of halogens is 4. The Bertz CT molecular complexity index is 785. The summed E-state index contributed by atoms with van der Waals surface area (Å²) in [6.45, 7) is 0.231. The van der Waals surface area contributed by atoms with Crippen LogP contribution in [0.1, 0.15) is 11.1 Å². The van der Waals surface area contributed by atoms with E-state index in [4.69, 9.17) is 4.74 Å². The molecule has 0 aromatic heterocycles. The van der Waals surface area contributed by atoms with Gasteiger partial charge in [-0.3, -0.25) is 4.79 Å². The fraction of sp³-hybridized carbons (Fsp3) is 0.167. The molecule has 132 valence electrons. The van der Waals surface area contributed by atoms with E-state index in [0.29, 0.717) is 11.1 Å². The van der Waals surface area contributed by atoms with E-state index in [2.05, 4.69) is 5.32 Å². The standard InChI is InChI=1S/C18H15F4NO2/c1-12-5-7-15(16(9-12)25-11-18(20,21)22)23-17(24)8-6-13-3-2-4-14(19)10-13/h2-10H,11H2,1H3,(H,23,24)/b8-6+. The zero-order valence-electron chi connectivity index (χ0n) is 13.2. The van der Waals surface area contributed by atoms with Crippen LogP contribution < -0.4 is 10.1 Å². The minimum atomic E-state index is -4.48. The average molecular weight is 353 g/mol. The van der Waals surface area contributed by atoms with Crippen molar-refractivity contribution < 1.29 is 27.1 Å². The third-order valence-corrected chi connectivity index (χ3v) is 3.06. The highest BCUT2D eigenvalue weighted by molar-refractivity contribution is 6.02. The highest BCUT2D eigenvalue weighted by Crippen LogP contribution is 2.28. The Labute approximate surface area is 141 Å². The second kappa shape index (κ2) is 7.83. The minimum absolute atomic E-state index is 0.0789. The summed E-state index contributed by atoms with van der Waals surface area (Å²) in [6.07, 6.45) is -1.94. The van der Waals surface area contributed by atoms with Gasteiger partial charge >= 0.3 is 6.18 Å². The van der Waals surface area contributed by atoms with Crippen molar-refractivity contribution in [3.63, 3.8) is 0 Å². The Kier molecular flexibility index (Phi) is 5.80. The van der Waals surface area contributed by atoms with Crippen molar-refractivity contribution in [1.29, 1.82) is 0 Å². The second-order valence-corrected chi connectivity index (χ2v) is 5.28. The number of rotatable bonds is 5. The van der Waals surface area contributed by atoms with Gasteiger partial charge in [0.05, 0.1) is 5.69 Å². The summed E-state index contributed by atoms with van der Waals surface area (Å²) in [5.74, 6) is -1.10. The molecule has 7 heteroatoms. The van der Waals surface area contributed by atoms with Crippen molar-refractivity contribution in [3.8, 4) is 5.75 Å². The van der Waals surface area contributed by atoms with Crippen molar-refractivity contribution >= 4 is 17.7 Å². The maximum atomic E-state index is 13.1. The summed E-state index contributed by atoms with van der Waals surface area (Å²) in [7, 11) is 0. The van der Waals surface area contributed by atoms with E-state index in [0.717, 1.165) is 6.08 Å². The van der Waals surface area contributed by atoms with Crippen LogP contribution in [0.25, 0.3) is 6.08 Å². The van der Waals surface area contributed by atoms with Crippen LogP contribution in [0, 0.1) is 12.7 Å². The van der Waals surface area contributed by atoms with Gasteiger partial charge < -0.3 is 10.1 Å². The third-order valence-electron chi connectivity index (χ3n) is 3.06. The number of ether oxygens (including phenoxy) is 1. The number of benzene rings is 2. The average Bonchev–Trinajstić information content (AvgIpc) is 2.52. The molecule has 0 radical (unpaired) electrons. The van der Waals surface area contributed by atoms with Gasteiger partial charge in [-0.25, -0.2) is 4.39 Å². The van der Waals surface area contributed by atoms with Gasteiger partial charge in [-0.1, -0.05) is 18.2 Å². The van der Waals surface area contributed by atoms with E-state index in [9.17, 15) is 22.4 Å². The Hall–Kier alpha value is -2.83. The van der Waals surface area contributed by atoms with Crippen molar-refractivity contribution in [2.45, 2.75) is 13.1 Å². The predicted octanol–water partition coefficient (Wildman–Crippen LogP) is 4.73. The molecule has 25 heavy (non-hydrogen) atoms. The molecule has 0 atom stereocenters. The molecule has 2 rings (SSSR count). The Morgan fingerprint density at radius 2 is 1.96 bits per heavy atom. The third kappa shape index (κ3) is 6.29. The first kappa shape index (κ1) is 18.5. The summed E-state index contributed by atoms with van der Waals surface area (Å²) in [5, 5.41) is 2.45. The topological polar surface area (TPSA) is 38.3 Å². The van der Waals surface area contributed by atoms with Crippen molar-refractivity contribution in [2.24, 2.45) is 0 Å². The molecular formula is C18H15F4NO2. The molecule has 0 unspecified atom stereocenters. The molecule has 0 spiro atoms. The molecule has 3 nitrogen and oxygen atoms in total. The zero-order chi connectivity index (χ0) is 18.4. The van der Waals surface area contributed by atoms with Gasteiger partial charge in [-0.15, -0.1) is 0 Å². The fourth-order valence-corrected chi connectivity index (χ4v) is 1.97. The molecule has 2 aromatic carbocycles. The van der Waals surface area contributed by atoms with Crippen molar-refractivity contribution in [1.82, 2.24) is 0 Å². The Morgan fingerprint density at radius 3 is 2.64 bits per heavy atom. The largest absolute Gasteiger partial charge is 0.482 e. The molecular weight excluding hydrogens is 338 g/mol. The zero-order valence-corrected chi connectivity index (χ0v) is 13.2. The molecule has 1 amide bonds. The molecule has 2 aromatic rings. The van der Waals surface area contributed by atoms with Gasteiger partial charge in [0.15, 0.2) is 6.61 Å². The predicted molar refractivity (Wildman–Crippen MR) is 86.8 cm³/mol. The fourth-order valence-electron chi connectivity index (χ4n) is 1.97. The van der Waals surface area contributed by atoms with Crippen LogP contribution in [0.15, 0.2) is 48.5 Å². The number of aryl methyl sites for hydroxylation is 1. The molecule has 0 fully saturated rings. The number of anilines is 1. The van der Waals surface area contributed by atoms with Gasteiger partial charge in [-0.2, -0.15) is 13.2 Å². The van der Waals surface area contributed by atoms with Crippen LogP contribution in [-0.4, -0.2) is 18.7 Å². The Balaban J connectivity index is 2.09. The highest BCUT2D eigenvalue weighted by atomic mass is 19.4. The van der Waals surface area contributed by atoms with Gasteiger partial charge in [0.2, 0.25) is 5.91 Å². The lowest BCUT2D eigenvalue weighted by Gasteiger charge is -2.14. The molecule has 0 aliphatic carbocycles. The summed E-state index contributed by atoms with van der Waals surface area (Å²) in [4.78, 5) is 11.9. The van der Waals surface area contributed by atoms with Crippen LogP contribution >= 0.6 is 0 Å². The maximum absolute atomic E-state index is 13.1. The lowest BCUT2D eigenvalue weighted by Crippen LogP contribution is -2.20. The molecule has 0 saturated heterocycles. The second-order valence-electron chi connectivity index (χ2n) is 5.28. The lowest BCUT2D eigenvalue weighted by atomic mass is 10.2. The van der Waals surface area contributed by atoms with E-state index in [1.807, 2.05) is 0 Å². The lowest BCUT2D eigenvalue weighted by molar-refractivity contribution is -0.153. The summed E-state index contributed by atoms with van der Waals surface area (Å²) in [6, 6.07) is 10.1. The van der Waals surface area contributed by atoms with Gasteiger partial charge in [0.1, 0.15) is 11.6 Å². The van der Waals surface area contributed by atoms with Gasteiger partial charge in [0.25, 0.3) is 0 Å². The first-order chi connectivity index (χ1) is 11.7. The smallest absolute Gasteiger partial charge is 0.422 e. The molecule has 0 bridgehead atoms. The SMILES string of the molecule is Cc1ccc(NC(=O)/C=C/c2cccc(F)c2)c(OCC(F)(F)F)c1. The number of nitrogens with one attached hydrogen (secondary N) is 1. The normalized spacial score (nSPS) is 11.6. The summed E-state index contributed by atoms with van der Waals surface area (Å²) in [5.41, 5.74) is 1.28. The number of amides is 1. The first-order valence-corrected chi connectivity index (χ1v) is 7.28. The van der Waals surface area contributed by atoms with Crippen LogP contribution in [-0.2, 0) is 4.79 Å². The van der Waals surface area contributed by atoms with Crippen molar-refractivity contribution in [2.75, 3.05) is 11.9 Å². The number of carbonyl (C=O) groups excluding carboxylic acids is 1. The van der Waals surface area contributed by atoms with Crippen LogP contribution in [0.3, 0.4) is 0 Å². The highest BCUT2D eigenvalue weighted by Gasteiger charge is 2.28. The first-order valence-electron chi connectivity index (χ1n) is 7.28. The van der Waals surface area contributed by atoms with Crippen LogP contribution in [0.2, 0.25) is 0 Å². The van der Waals surface area contributed by atoms with E-state index < -0.39 is 24.5 Å². The number of alkyl halides is 3. The van der Waals surface area contributed by atoms with E-state index >= 15 is 0 Å². The summed E-state index contributed by atoms with van der Waals surface area (Å²) >= 11 is 0. The quantitative estimate of drug-likeness (QED) is 0.624. The molecule has 0 aliphatic heterocycles. The van der Waals surface area contributed by atoms with Gasteiger partial charge in [0, 0.05) is 6.08 Å². The molecule has 0 saturated carbocycles. The minimum Gasteiger partial charge on any atom is -0.482 e. The number of hydrogen-bond acceptors (Lipinski definition) is 2. The number of carbonyl (C=O) groups is 1. The number of hydrogen-bond donors (Lipinski definition) is 1. The maximum Gasteiger partial charge on any atom is 0.422 e. The van der Waals surface area contributed by atoms with Crippen LogP contribution in [0.4, 0.5) is 23.2 Å². The van der Waals surface area contributed by atoms with Crippen molar-refractivity contribution in [3.05, 3.63) is 65.5 Å². The monoisotopic (exact) mass is 353 g/mol. The van der Waals surface area contributed by atoms with E-state index in [-0.39, 0.29) is 11.4 Å². The van der Waals surface area contributed by atoms with Crippen LogP contribution in [0.5, 0.6) is 5.75 Å². The summed E-state index contributed by atoms with van der Waals surface area (Å²) < 4.78 is 54.8. The molecule has 0 aliphatic rings.